The second-order valence-corrected chi connectivity index (χ2v) is 5.10. The van der Waals surface area contributed by atoms with Crippen LogP contribution in [0.1, 0.15) is 36.7 Å². The number of hydrogen-bond acceptors (Lipinski definition) is 4. The molecule has 0 radical (unpaired) electrons. The van der Waals surface area contributed by atoms with Gasteiger partial charge in [0.2, 0.25) is 0 Å². The van der Waals surface area contributed by atoms with E-state index in [1.807, 2.05) is 0 Å². The zero-order chi connectivity index (χ0) is 14.0. The van der Waals surface area contributed by atoms with Crippen molar-refractivity contribution in [3.63, 3.8) is 0 Å². The molecule has 1 amide bonds. The van der Waals surface area contributed by atoms with Crippen LogP contribution in [-0.4, -0.2) is 43.9 Å². The highest BCUT2D eigenvalue weighted by molar-refractivity contribution is 6.29. The van der Waals surface area contributed by atoms with Gasteiger partial charge in [0.25, 0.3) is 5.91 Å². The minimum absolute atomic E-state index is 0.110. The third kappa shape index (κ3) is 2.53. The van der Waals surface area contributed by atoms with Gasteiger partial charge in [-0.05, 0) is 26.2 Å². The molecule has 1 fully saturated rings. The lowest BCUT2D eigenvalue weighted by Gasteiger charge is -2.41. The summed E-state index contributed by atoms with van der Waals surface area (Å²) < 4.78 is 0. The molecule has 19 heavy (non-hydrogen) atoms. The Kier molecular flexibility index (Phi) is 3.71. The van der Waals surface area contributed by atoms with Gasteiger partial charge < -0.3 is 10.0 Å². The fraction of sp³-hybridized carbons (Fsp3) is 0.500. The summed E-state index contributed by atoms with van der Waals surface area (Å²) in [6, 6.07) is 0. The first-order valence-corrected chi connectivity index (χ1v) is 6.36. The summed E-state index contributed by atoms with van der Waals surface area (Å²) >= 11 is 5.62. The monoisotopic (exact) mass is 283 g/mol. The Hall–Kier alpha value is -1.69. The van der Waals surface area contributed by atoms with Gasteiger partial charge in [-0.25, -0.2) is 14.8 Å². The van der Waals surface area contributed by atoms with Crippen molar-refractivity contribution in [3.05, 3.63) is 23.2 Å². The lowest BCUT2D eigenvalue weighted by atomic mass is 9.88. The topological polar surface area (TPSA) is 83.4 Å². The van der Waals surface area contributed by atoms with Crippen LogP contribution in [0.4, 0.5) is 0 Å². The van der Waals surface area contributed by atoms with Gasteiger partial charge >= 0.3 is 5.97 Å². The number of carbonyl (C=O) groups excluding carboxylic acids is 1. The van der Waals surface area contributed by atoms with Crippen LogP contribution in [0.5, 0.6) is 0 Å². The smallest absolute Gasteiger partial charge is 0.329 e. The first kappa shape index (κ1) is 13.7. The Morgan fingerprint density at radius 1 is 1.37 bits per heavy atom. The largest absolute Gasteiger partial charge is 0.480 e. The minimum atomic E-state index is -1.18. The molecule has 1 saturated heterocycles. The van der Waals surface area contributed by atoms with Crippen LogP contribution in [0, 0.1) is 0 Å². The highest BCUT2D eigenvalue weighted by atomic mass is 35.5. The van der Waals surface area contributed by atoms with E-state index in [1.54, 1.807) is 6.92 Å². The van der Waals surface area contributed by atoms with Crippen LogP contribution in [0.3, 0.4) is 0 Å². The third-order valence-electron chi connectivity index (χ3n) is 3.44. The van der Waals surface area contributed by atoms with E-state index in [9.17, 15) is 14.7 Å². The van der Waals surface area contributed by atoms with E-state index in [0.717, 1.165) is 12.8 Å². The molecule has 0 spiro atoms. The maximum Gasteiger partial charge on any atom is 0.329 e. The van der Waals surface area contributed by atoms with Crippen molar-refractivity contribution in [3.8, 4) is 0 Å². The molecule has 0 aliphatic carbocycles. The Bertz CT molecular complexity index is 505. The minimum Gasteiger partial charge on any atom is -0.480 e. The number of aromatic nitrogens is 2. The SMILES string of the molecule is CC1(C(=O)O)CCCCN1C(=O)c1cnc(Cl)cn1. The van der Waals surface area contributed by atoms with Gasteiger partial charge in [-0.2, -0.15) is 0 Å². The quantitative estimate of drug-likeness (QED) is 0.891. The Balaban J connectivity index is 2.30. The lowest BCUT2D eigenvalue weighted by Crippen LogP contribution is -2.57. The fourth-order valence-corrected chi connectivity index (χ4v) is 2.33. The van der Waals surface area contributed by atoms with Gasteiger partial charge in [0.05, 0.1) is 12.4 Å². The third-order valence-corrected chi connectivity index (χ3v) is 3.63. The highest BCUT2D eigenvalue weighted by Gasteiger charge is 2.44. The summed E-state index contributed by atoms with van der Waals surface area (Å²) in [5.74, 6) is -1.42. The predicted octanol–water partition coefficient (Wildman–Crippen LogP) is 1.60. The molecule has 2 heterocycles. The molecule has 1 atom stereocenters. The van der Waals surface area contributed by atoms with Crippen molar-refractivity contribution in [1.82, 2.24) is 14.9 Å². The predicted molar refractivity (Wildman–Crippen MR) is 68.0 cm³/mol. The molecular formula is C12H14ClN3O3. The Morgan fingerprint density at radius 3 is 2.68 bits per heavy atom. The molecule has 1 aromatic rings. The number of aliphatic carboxylic acids is 1. The molecule has 1 aliphatic heterocycles. The first-order chi connectivity index (χ1) is 8.95. The Morgan fingerprint density at radius 2 is 2.11 bits per heavy atom. The number of carbonyl (C=O) groups is 2. The van der Waals surface area contributed by atoms with Crippen molar-refractivity contribution in [1.29, 1.82) is 0 Å². The van der Waals surface area contributed by atoms with Crippen LogP contribution >= 0.6 is 11.6 Å². The summed E-state index contributed by atoms with van der Waals surface area (Å²) in [6.07, 6.45) is 4.56. The van der Waals surface area contributed by atoms with Gasteiger partial charge in [-0.1, -0.05) is 11.6 Å². The Labute approximate surface area is 115 Å². The van der Waals surface area contributed by atoms with Crippen molar-refractivity contribution >= 4 is 23.5 Å². The van der Waals surface area contributed by atoms with Crippen LogP contribution in [-0.2, 0) is 4.79 Å². The van der Waals surface area contributed by atoms with E-state index in [1.165, 1.54) is 17.3 Å². The molecule has 2 rings (SSSR count). The zero-order valence-corrected chi connectivity index (χ0v) is 11.2. The summed E-state index contributed by atoms with van der Waals surface area (Å²) in [5.41, 5.74) is -1.07. The molecule has 102 valence electrons. The summed E-state index contributed by atoms with van der Waals surface area (Å²) in [5, 5.41) is 9.55. The number of rotatable bonds is 2. The highest BCUT2D eigenvalue weighted by Crippen LogP contribution is 2.29. The molecule has 0 saturated carbocycles. The van der Waals surface area contributed by atoms with Crippen LogP contribution in [0.2, 0.25) is 5.15 Å². The first-order valence-electron chi connectivity index (χ1n) is 5.98. The standard InChI is InChI=1S/C12H14ClN3O3/c1-12(11(18)19)4-2-3-5-16(12)10(17)8-6-15-9(13)7-14-8/h6-7H,2-5H2,1H3,(H,18,19). The van der Waals surface area contributed by atoms with Crippen molar-refractivity contribution in [2.24, 2.45) is 0 Å². The normalized spacial score (nSPS) is 23.2. The molecule has 7 heteroatoms. The van der Waals surface area contributed by atoms with Crippen LogP contribution in [0.15, 0.2) is 12.4 Å². The van der Waals surface area contributed by atoms with Gasteiger partial charge in [-0.15, -0.1) is 0 Å². The van der Waals surface area contributed by atoms with Crippen molar-refractivity contribution in [2.45, 2.75) is 31.7 Å². The number of nitrogens with zero attached hydrogens (tertiary/aromatic N) is 3. The second kappa shape index (κ2) is 5.13. The average molecular weight is 284 g/mol. The fourth-order valence-electron chi connectivity index (χ4n) is 2.23. The van der Waals surface area contributed by atoms with Crippen molar-refractivity contribution in [2.75, 3.05) is 6.54 Å². The maximum absolute atomic E-state index is 12.3. The summed E-state index contributed by atoms with van der Waals surface area (Å²) in [6.45, 7) is 1.97. The average Bonchev–Trinajstić information content (AvgIpc) is 2.39. The number of likely N-dealkylation sites (tertiary alicyclic amines) is 1. The van der Waals surface area contributed by atoms with E-state index < -0.39 is 17.4 Å². The van der Waals surface area contributed by atoms with E-state index in [0.29, 0.717) is 13.0 Å². The van der Waals surface area contributed by atoms with Gasteiger partial charge in [0, 0.05) is 6.54 Å². The van der Waals surface area contributed by atoms with E-state index >= 15 is 0 Å². The molecule has 6 nitrogen and oxygen atoms in total. The maximum atomic E-state index is 12.3. The van der Waals surface area contributed by atoms with Crippen LogP contribution in [0.25, 0.3) is 0 Å². The summed E-state index contributed by atoms with van der Waals surface area (Å²) in [7, 11) is 0. The molecule has 0 aromatic carbocycles. The number of carboxylic acids is 1. The molecular weight excluding hydrogens is 270 g/mol. The van der Waals surface area contributed by atoms with Gasteiger partial charge in [0.15, 0.2) is 0 Å². The van der Waals surface area contributed by atoms with Crippen LogP contribution < -0.4 is 0 Å². The number of amides is 1. The summed E-state index contributed by atoms with van der Waals surface area (Å²) in [4.78, 5) is 32.8. The van der Waals surface area contributed by atoms with Gasteiger partial charge in [0.1, 0.15) is 16.4 Å². The van der Waals surface area contributed by atoms with E-state index in [4.69, 9.17) is 11.6 Å². The number of piperidine rings is 1. The molecule has 1 N–H and O–H groups in total. The molecule has 1 unspecified atom stereocenters. The molecule has 1 aliphatic rings. The molecule has 0 bridgehead atoms. The van der Waals surface area contributed by atoms with E-state index in [2.05, 4.69) is 9.97 Å². The number of hydrogen-bond donors (Lipinski definition) is 1. The lowest BCUT2D eigenvalue weighted by molar-refractivity contribution is -0.150. The molecule has 1 aromatic heterocycles. The zero-order valence-electron chi connectivity index (χ0n) is 10.5. The second-order valence-electron chi connectivity index (χ2n) is 4.72. The van der Waals surface area contributed by atoms with E-state index in [-0.39, 0.29) is 10.8 Å². The number of carboxylic acid groups (broad SMARTS) is 1. The number of halogens is 1. The van der Waals surface area contributed by atoms with Crippen molar-refractivity contribution < 1.29 is 14.7 Å². The van der Waals surface area contributed by atoms with Gasteiger partial charge in [-0.3, -0.25) is 4.79 Å².